The number of pyridine rings is 1. The monoisotopic (exact) mass is 381 g/mol. The molecule has 0 spiro atoms. The second-order valence-corrected chi connectivity index (χ2v) is 7.16. The molecule has 27 heavy (non-hydrogen) atoms. The number of aromatic nitrogens is 3. The summed E-state index contributed by atoms with van der Waals surface area (Å²) >= 11 is 1.44. The van der Waals surface area contributed by atoms with Crippen LogP contribution >= 0.6 is 11.8 Å². The lowest BCUT2D eigenvalue weighted by Gasteiger charge is -2.15. The smallest absolute Gasteiger partial charge is 0.262 e. The number of nitrogens with two attached hydrogens (primary N) is 1. The minimum Gasteiger partial charge on any atom is -0.384 e. The fourth-order valence-corrected chi connectivity index (χ4v) is 4.08. The molecule has 8 nitrogen and oxygen atoms in total. The molecule has 0 radical (unpaired) electrons. The lowest BCUT2D eigenvalue weighted by molar-refractivity contribution is 0.0880. The third kappa shape index (κ3) is 2.63. The summed E-state index contributed by atoms with van der Waals surface area (Å²) in [6.07, 6.45) is 0. The van der Waals surface area contributed by atoms with Crippen LogP contribution in [0.3, 0.4) is 0 Å². The summed E-state index contributed by atoms with van der Waals surface area (Å²) in [5.41, 5.74) is 7.97. The number of imide groups is 1. The summed E-state index contributed by atoms with van der Waals surface area (Å²) in [7, 11) is 0. The van der Waals surface area contributed by atoms with Gasteiger partial charge in [0.05, 0.1) is 27.4 Å². The summed E-state index contributed by atoms with van der Waals surface area (Å²) in [5, 5.41) is 9.28. The maximum atomic E-state index is 12.7. The zero-order valence-corrected chi connectivity index (χ0v) is 15.3. The second-order valence-electron chi connectivity index (χ2n) is 6.11. The first-order valence-corrected chi connectivity index (χ1v) is 8.90. The molecule has 4 rings (SSSR count). The number of carbonyl (C=O) groups excluding carboxylic acids is 2. The maximum absolute atomic E-state index is 12.7. The highest BCUT2D eigenvalue weighted by Gasteiger charge is 2.32. The number of nitrogen functional groups attached to an aromatic ring is 1. The van der Waals surface area contributed by atoms with E-state index in [0.717, 1.165) is 27.2 Å². The Morgan fingerprint density at radius 2 is 1.85 bits per heavy atom. The van der Waals surface area contributed by atoms with Crippen LogP contribution in [0.1, 0.15) is 32.1 Å². The van der Waals surface area contributed by atoms with Crippen molar-refractivity contribution in [3.05, 3.63) is 63.2 Å². The number of hydrogen-bond donors (Lipinski definition) is 3. The van der Waals surface area contributed by atoms with E-state index in [1.807, 2.05) is 26.0 Å². The number of H-pyrrole nitrogens is 1. The van der Waals surface area contributed by atoms with Gasteiger partial charge in [0.2, 0.25) is 0 Å². The van der Waals surface area contributed by atoms with Gasteiger partial charge < -0.3 is 5.73 Å². The molecule has 2 amide bonds. The second kappa shape index (κ2) is 6.13. The zero-order chi connectivity index (χ0) is 19.3. The van der Waals surface area contributed by atoms with Gasteiger partial charge in [-0.1, -0.05) is 23.9 Å². The zero-order valence-electron chi connectivity index (χ0n) is 14.5. The van der Waals surface area contributed by atoms with Crippen molar-refractivity contribution < 1.29 is 9.59 Å². The van der Waals surface area contributed by atoms with Crippen molar-refractivity contribution >= 4 is 29.4 Å². The van der Waals surface area contributed by atoms with E-state index in [1.165, 1.54) is 16.3 Å². The predicted molar refractivity (Wildman–Crippen MR) is 100 cm³/mol. The van der Waals surface area contributed by atoms with Crippen molar-refractivity contribution in [1.82, 2.24) is 20.1 Å². The number of anilines is 1. The largest absolute Gasteiger partial charge is 0.384 e. The number of aryl methyl sites for hydroxylation is 2. The number of nitrogens with zero attached hydrogens (tertiary/aromatic N) is 2. The molecule has 0 fully saturated rings. The normalized spacial score (nSPS) is 13.0. The summed E-state index contributed by atoms with van der Waals surface area (Å²) in [5.74, 6) is -1.28. The Hall–Kier alpha value is -3.33. The fourth-order valence-electron chi connectivity index (χ4n) is 3.06. The van der Waals surface area contributed by atoms with E-state index in [9.17, 15) is 14.4 Å². The number of hydrogen-bond acceptors (Lipinski definition) is 6. The molecule has 3 aromatic rings. The molecular weight excluding hydrogens is 366 g/mol. The van der Waals surface area contributed by atoms with E-state index < -0.39 is 17.4 Å². The molecule has 0 atom stereocenters. The third-order valence-electron chi connectivity index (χ3n) is 4.33. The summed E-state index contributed by atoms with van der Waals surface area (Å²) < 4.78 is 1.25. The van der Waals surface area contributed by atoms with Crippen molar-refractivity contribution in [2.24, 2.45) is 0 Å². The SMILES string of the molecule is Cc1n[nH]c(C)c1Sc1ccccc1-n1c(N)c2c(cc1=O)C(=O)NC2=O. The van der Waals surface area contributed by atoms with Gasteiger partial charge in [0.25, 0.3) is 17.4 Å². The Kier molecular flexibility index (Phi) is 3.88. The first-order chi connectivity index (χ1) is 12.9. The van der Waals surface area contributed by atoms with Gasteiger partial charge >= 0.3 is 0 Å². The molecule has 136 valence electrons. The highest BCUT2D eigenvalue weighted by molar-refractivity contribution is 7.99. The van der Waals surface area contributed by atoms with Crippen LogP contribution in [0.5, 0.6) is 0 Å². The molecule has 9 heteroatoms. The minimum absolute atomic E-state index is 0.00501. The number of para-hydroxylation sites is 1. The van der Waals surface area contributed by atoms with Crippen molar-refractivity contribution in [2.45, 2.75) is 23.6 Å². The molecule has 1 aromatic carbocycles. The fraction of sp³-hybridized carbons (Fsp3) is 0.111. The number of benzene rings is 1. The Morgan fingerprint density at radius 1 is 1.11 bits per heavy atom. The van der Waals surface area contributed by atoms with E-state index in [2.05, 4.69) is 15.5 Å². The third-order valence-corrected chi connectivity index (χ3v) is 5.70. The van der Waals surface area contributed by atoms with Crippen LogP contribution in [0, 0.1) is 13.8 Å². The van der Waals surface area contributed by atoms with Crippen LogP contribution in [-0.2, 0) is 0 Å². The van der Waals surface area contributed by atoms with Gasteiger partial charge in [-0.3, -0.25) is 29.4 Å². The highest BCUT2D eigenvalue weighted by atomic mass is 32.2. The Bertz CT molecular complexity index is 1160. The number of aromatic amines is 1. The van der Waals surface area contributed by atoms with Gasteiger partial charge in [0.1, 0.15) is 5.82 Å². The lowest BCUT2D eigenvalue weighted by atomic mass is 10.1. The van der Waals surface area contributed by atoms with Gasteiger partial charge in [0, 0.05) is 16.7 Å². The molecule has 0 bridgehead atoms. The van der Waals surface area contributed by atoms with E-state index in [4.69, 9.17) is 5.73 Å². The first kappa shape index (κ1) is 17.1. The number of amides is 2. The Balaban J connectivity index is 1.92. The van der Waals surface area contributed by atoms with Crippen LogP contribution in [0.15, 0.2) is 44.9 Å². The van der Waals surface area contributed by atoms with Crippen molar-refractivity contribution in [2.75, 3.05) is 5.73 Å². The van der Waals surface area contributed by atoms with Crippen LogP contribution < -0.4 is 16.6 Å². The number of nitrogens with one attached hydrogen (secondary N) is 2. The summed E-state index contributed by atoms with van der Waals surface area (Å²) in [6, 6.07) is 8.37. The van der Waals surface area contributed by atoms with Gasteiger partial charge in [-0.15, -0.1) is 0 Å². The average Bonchev–Trinajstić information content (AvgIpc) is 3.09. The van der Waals surface area contributed by atoms with Crippen molar-refractivity contribution in [3.63, 3.8) is 0 Å². The molecule has 1 aliphatic heterocycles. The van der Waals surface area contributed by atoms with E-state index in [1.54, 1.807) is 12.1 Å². The van der Waals surface area contributed by atoms with Crippen molar-refractivity contribution in [3.8, 4) is 5.69 Å². The van der Waals surface area contributed by atoms with E-state index in [0.29, 0.717) is 5.69 Å². The topological polar surface area (TPSA) is 123 Å². The standard InChI is InChI=1S/C18H15N5O3S/c1-8-15(9(2)22-21-8)27-12-6-4-3-5-11(12)23-13(24)7-10-14(16(23)19)18(26)20-17(10)25/h3-7H,19H2,1-2H3,(H,21,22)(H,20,25,26). The molecule has 2 aromatic heterocycles. The quantitative estimate of drug-likeness (QED) is 0.595. The van der Waals surface area contributed by atoms with Gasteiger partial charge in [-0.25, -0.2) is 0 Å². The molecule has 1 aliphatic rings. The van der Waals surface area contributed by atoms with Gasteiger partial charge in [-0.05, 0) is 26.0 Å². The Labute approximate surface area is 157 Å². The molecule has 0 saturated heterocycles. The molecule has 0 unspecified atom stereocenters. The summed E-state index contributed by atoms with van der Waals surface area (Å²) in [4.78, 5) is 38.3. The van der Waals surface area contributed by atoms with Crippen LogP contribution in [0.25, 0.3) is 5.69 Å². The molecule has 3 heterocycles. The molecule has 0 saturated carbocycles. The highest BCUT2D eigenvalue weighted by Crippen LogP contribution is 2.36. The van der Waals surface area contributed by atoms with Gasteiger partial charge in [0.15, 0.2) is 0 Å². The molecule has 4 N–H and O–H groups in total. The maximum Gasteiger partial charge on any atom is 0.262 e. The lowest BCUT2D eigenvalue weighted by Crippen LogP contribution is -2.24. The molecule has 0 aliphatic carbocycles. The predicted octanol–water partition coefficient (Wildman–Crippen LogP) is 1.79. The Morgan fingerprint density at radius 3 is 2.56 bits per heavy atom. The molecular formula is C18H15N5O3S. The van der Waals surface area contributed by atoms with Crippen LogP contribution in [-0.4, -0.2) is 26.6 Å². The van der Waals surface area contributed by atoms with E-state index in [-0.39, 0.29) is 16.9 Å². The van der Waals surface area contributed by atoms with E-state index >= 15 is 0 Å². The summed E-state index contributed by atoms with van der Waals surface area (Å²) in [6.45, 7) is 3.80. The number of rotatable bonds is 3. The van der Waals surface area contributed by atoms with Crippen LogP contribution in [0.4, 0.5) is 5.82 Å². The van der Waals surface area contributed by atoms with Gasteiger partial charge in [-0.2, -0.15) is 5.10 Å². The van der Waals surface area contributed by atoms with Crippen LogP contribution in [0.2, 0.25) is 0 Å². The van der Waals surface area contributed by atoms with Crippen molar-refractivity contribution in [1.29, 1.82) is 0 Å². The first-order valence-electron chi connectivity index (χ1n) is 8.08. The minimum atomic E-state index is -0.613. The number of carbonyl (C=O) groups is 2. The number of fused-ring (bicyclic) bond motifs is 1. The average molecular weight is 381 g/mol.